The summed E-state index contributed by atoms with van der Waals surface area (Å²) in [6, 6.07) is 5.42. The first-order valence-electron chi connectivity index (χ1n) is 8.12. The molecule has 1 aliphatic heterocycles. The summed E-state index contributed by atoms with van der Waals surface area (Å²) in [6.07, 6.45) is 0.765. The fourth-order valence-electron chi connectivity index (χ4n) is 3.12. The van der Waals surface area contributed by atoms with Crippen molar-refractivity contribution in [1.82, 2.24) is 9.13 Å². The molecule has 0 N–H and O–H groups in total. The molecule has 0 bridgehead atoms. The Morgan fingerprint density at radius 1 is 1.28 bits per heavy atom. The summed E-state index contributed by atoms with van der Waals surface area (Å²) in [5.74, 6) is 1.84. The average molecular weight is 344 g/mol. The highest BCUT2D eigenvalue weighted by Gasteiger charge is 2.32. The normalized spacial score (nSPS) is 17.5. The molecular formula is C17H20N4O4. The topological polar surface area (TPSA) is 93.4 Å². The molecule has 3 heterocycles. The average Bonchev–Trinajstić information content (AvgIpc) is 3.12. The van der Waals surface area contributed by atoms with E-state index in [2.05, 4.69) is 0 Å². The molecule has 1 aliphatic rings. The SMILES string of the molecule is CCc1ccc([C@H]2COCCN2c2c(C#N)c(=O)n(C)c(=O)n2C)o1. The van der Waals surface area contributed by atoms with Crippen LogP contribution in [0.1, 0.15) is 30.0 Å². The maximum absolute atomic E-state index is 12.4. The van der Waals surface area contributed by atoms with Crippen LogP contribution >= 0.6 is 0 Å². The van der Waals surface area contributed by atoms with E-state index in [4.69, 9.17) is 9.15 Å². The smallest absolute Gasteiger partial charge is 0.332 e. The van der Waals surface area contributed by atoms with Crippen molar-refractivity contribution in [3.05, 3.63) is 50.1 Å². The fraction of sp³-hybridized carbons (Fsp3) is 0.471. The van der Waals surface area contributed by atoms with Gasteiger partial charge in [-0.1, -0.05) is 6.92 Å². The highest BCUT2D eigenvalue weighted by Crippen LogP contribution is 2.31. The van der Waals surface area contributed by atoms with E-state index >= 15 is 0 Å². The van der Waals surface area contributed by atoms with Crippen LogP contribution in [-0.2, 0) is 25.3 Å². The standard InChI is InChI=1S/C17H20N4O4/c1-4-11-5-6-14(25-11)13-10-24-8-7-21(13)15-12(9-18)16(22)20(3)17(23)19(15)2/h5-6,13H,4,7-8,10H2,1-3H3/t13-/m1/s1. The number of nitriles is 1. The van der Waals surface area contributed by atoms with E-state index in [0.29, 0.717) is 31.3 Å². The zero-order valence-electron chi connectivity index (χ0n) is 14.5. The molecule has 1 fully saturated rings. The second kappa shape index (κ2) is 6.61. The van der Waals surface area contributed by atoms with Gasteiger partial charge in [0, 0.05) is 27.1 Å². The van der Waals surface area contributed by atoms with Crippen LogP contribution in [0, 0.1) is 11.3 Å². The molecule has 8 heteroatoms. The molecular weight excluding hydrogens is 324 g/mol. The van der Waals surface area contributed by atoms with Gasteiger partial charge in [0.1, 0.15) is 29.4 Å². The Bertz CT molecular complexity index is 947. The minimum Gasteiger partial charge on any atom is -0.464 e. The third-order valence-corrected chi connectivity index (χ3v) is 4.51. The van der Waals surface area contributed by atoms with Gasteiger partial charge in [0.15, 0.2) is 5.56 Å². The molecule has 0 spiro atoms. The Hall–Kier alpha value is -2.79. The second-order valence-electron chi connectivity index (χ2n) is 5.96. The minimum absolute atomic E-state index is 0.0567. The summed E-state index contributed by atoms with van der Waals surface area (Å²) in [5.41, 5.74) is -1.13. The third kappa shape index (κ3) is 2.76. The third-order valence-electron chi connectivity index (χ3n) is 4.51. The van der Waals surface area contributed by atoms with Crippen molar-refractivity contribution < 1.29 is 9.15 Å². The number of rotatable bonds is 3. The van der Waals surface area contributed by atoms with Gasteiger partial charge in [-0.25, -0.2) is 4.79 Å². The van der Waals surface area contributed by atoms with Crippen LogP contribution in [0.4, 0.5) is 5.82 Å². The van der Waals surface area contributed by atoms with Gasteiger partial charge >= 0.3 is 5.69 Å². The van der Waals surface area contributed by atoms with Gasteiger partial charge in [-0.05, 0) is 12.1 Å². The summed E-state index contributed by atoms with van der Waals surface area (Å²) in [6.45, 7) is 3.23. The minimum atomic E-state index is -0.598. The van der Waals surface area contributed by atoms with Crippen molar-refractivity contribution in [2.24, 2.45) is 14.1 Å². The number of anilines is 1. The summed E-state index contributed by atoms with van der Waals surface area (Å²) in [5, 5.41) is 9.51. The molecule has 0 radical (unpaired) electrons. The Labute approximate surface area is 144 Å². The van der Waals surface area contributed by atoms with E-state index in [9.17, 15) is 14.9 Å². The molecule has 0 aliphatic carbocycles. The van der Waals surface area contributed by atoms with E-state index in [1.54, 1.807) is 7.05 Å². The molecule has 2 aromatic heterocycles. The molecule has 25 heavy (non-hydrogen) atoms. The molecule has 0 saturated carbocycles. The van der Waals surface area contributed by atoms with E-state index in [-0.39, 0.29) is 11.6 Å². The number of aryl methyl sites for hydroxylation is 1. The predicted molar refractivity (Wildman–Crippen MR) is 90.6 cm³/mol. The van der Waals surface area contributed by atoms with Crippen LogP contribution in [0.15, 0.2) is 26.1 Å². The molecule has 0 unspecified atom stereocenters. The quantitative estimate of drug-likeness (QED) is 0.813. The second-order valence-corrected chi connectivity index (χ2v) is 5.96. The molecule has 1 saturated heterocycles. The van der Waals surface area contributed by atoms with Crippen molar-refractivity contribution in [2.75, 3.05) is 24.7 Å². The Morgan fingerprint density at radius 2 is 2.04 bits per heavy atom. The van der Waals surface area contributed by atoms with Gasteiger partial charge in [0.25, 0.3) is 5.56 Å². The zero-order valence-corrected chi connectivity index (χ0v) is 14.5. The summed E-state index contributed by atoms with van der Waals surface area (Å²) in [7, 11) is 2.93. The molecule has 8 nitrogen and oxygen atoms in total. The van der Waals surface area contributed by atoms with Gasteiger partial charge in [0.05, 0.1) is 13.2 Å². The van der Waals surface area contributed by atoms with Crippen LogP contribution in [0.3, 0.4) is 0 Å². The largest absolute Gasteiger partial charge is 0.464 e. The van der Waals surface area contributed by atoms with Crippen LogP contribution < -0.4 is 16.1 Å². The molecule has 132 valence electrons. The molecule has 0 amide bonds. The lowest BCUT2D eigenvalue weighted by molar-refractivity contribution is 0.0864. The summed E-state index contributed by atoms with van der Waals surface area (Å²) >= 11 is 0. The maximum atomic E-state index is 12.4. The lowest BCUT2D eigenvalue weighted by Crippen LogP contribution is -2.47. The van der Waals surface area contributed by atoms with Crippen molar-refractivity contribution in [1.29, 1.82) is 5.26 Å². The summed E-state index contributed by atoms with van der Waals surface area (Å²) in [4.78, 5) is 26.6. The fourth-order valence-corrected chi connectivity index (χ4v) is 3.12. The number of aromatic nitrogens is 2. The number of furan rings is 1. The summed E-state index contributed by atoms with van der Waals surface area (Å²) < 4.78 is 13.7. The van der Waals surface area contributed by atoms with Crippen LogP contribution in [0.5, 0.6) is 0 Å². The predicted octanol–water partition coefficient (Wildman–Crippen LogP) is 0.689. The Kier molecular flexibility index (Phi) is 4.51. The lowest BCUT2D eigenvalue weighted by atomic mass is 10.1. The lowest BCUT2D eigenvalue weighted by Gasteiger charge is -2.37. The van der Waals surface area contributed by atoms with Crippen molar-refractivity contribution >= 4 is 5.82 Å². The van der Waals surface area contributed by atoms with E-state index in [1.807, 2.05) is 30.0 Å². The van der Waals surface area contributed by atoms with E-state index in [0.717, 1.165) is 16.7 Å². The van der Waals surface area contributed by atoms with Gasteiger partial charge in [-0.15, -0.1) is 0 Å². The van der Waals surface area contributed by atoms with Gasteiger partial charge in [-0.3, -0.25) is 13.9 Å². The van der Waals surface area contributed by atoms with Gasteiger partial charge in [0.2, 0.25) is 0 Å². The highest BCUT2D eigenvalue weighted by molar-refractivity contribution is 5.55. The maximum Gasteiger partial charge on any atom is 0.332 e. The number of morpholine rings is 1. The number of hydrogen-bond acceptors (Lipinski definition) is 6. The van der Waals surface area contributed by atoms with Crippen LogP contribution in [0.25, 0.3) is 0 Å². The number of ether oxygens (including phenoxy) is 1. The molecule has 2 aromatic rings. The van der Waals surface area contributed by atoms with Crippen molar-refractivity contribution in [3.8, 4) is 6.07 Å². The zero-order chi connectivity index (χ0) is 18.1. The van der Waals surface area contributed by atoms with Gasteiger partial charge in [-0.2, -0.15) is 5.26 Å². The number of nitrogens with zero attached hydrogens (tertiary/aromatic N) is 4. The first-order chi connectivity index (χ1) is 12.0. The van der Waals surface area contributed by atoms with Crippen LogP contribution in [-0.4, -0.2) is 28.9 Å². The molecule has 3 rings (SSSR count). The highest BCUT2D eigenvalue weighted by atomic mass is 16.5. The van der Waals surface area contributed by atoms with E-state index in [1.165, 1.54) is 11.6 Å². The first-order valence-corrected chi connectivity index (χ1v) is 8.12. The Morgan fingerprint density at radius 3 is 2.68 bits per heavy atom. The van der Waals surface area contributed by atoms with Crippen LogP contribution in [0.2, 0.25) is 0 Å². The van der Waals surface area contributed by atoms with Crippen molar-refractivity contribution in [3.63, 3.8) is 0 Å². The van der Waals surface area contributed by atoms with Gasteiger partial charge < -0.3 is 14.1 Å². The van der Waals surface area contributed by atoms with E-state index < -0.39 is 11.2 Å². The van der Waals surface area contributed by atoms with Crippen molar-refractivity contribution in [2.45, 2.75) is 19.4 Å². The monoisotopic (exact) mass is 344 g/mol. The molecule has 0 aromatic carbocycles. The Balaban J connectivity index is 2.18. The first kappa shape index (κ1) is 17.0. The number of hydrogen-bond donors (Lipinski definition) is 0. The molecule has 1 atom stereocenters.